The Morgan fingerprint density at radius 3 is 3.00 bits per heavy atom. The first kappa shape index (κ1) is 14.3. The van der Waals surface area contributed by atoms with Gasteiger partial charge in [-0.15, -0.1) is 0 Å². The second-order valence-corrected chi connectivity index (χ2v) is 5.94. The molecule has 0 aromatic carbocycles. The number of aliphatic hydroxyl groups excluding tert-OH is 1. The van der Waals surface area contributed by atoms with E-state index < -0.39 is 0 Å². The second-order valence-electron chi connectivity index (χ2n) is 5.94. The van der Waals surface area contributed by atoms with Gasteiger partial charge in [0.15, 0.2) is 0 Å². The highest BCUT2D eigenvalue weighted by Crippen LogP contribution is 2.33. The number of hydrogen-bond donors (Lipinski definition) is 2. The zero-order valence-electron chi connectivity index (χ0n) is 11.8. The molecule has 1 heterocycles. The molecule has 1 saturated heterocycles. The summed E-state index contributed by atoms with van der Waals surface area (Å²) < 4.78 is 5.60. The SMILES string of the molecule is CCCNC1(CO)CCC(N2CCOC(C)C2)C1. The molecule has 2 rings (SSSR count). The predicted octanol–water partition coefficient (Wildman–Crippen LogP) is 0.990. The summed E-state index contributed by atoms with van der Waals surface area (Å²) in [6, 6.07) is 0.618. The Bertz CT molecular complexity index is 262. The normalized spacial score (nSPS) is 38.2. The van der Waals surface area contributed by atoms with Gasteiger partial charge in [-0.2, -0.15) is 0 Å². The van der Waals surface area contributed by atoms with Crippen LogP contribution in [0.25, 0.3) is 0 Å². The van der Waals surface area contributed by atoms with Gasteiger partial charge in [-0.3, -0.25) is 4.90 Å². The van der Waals surface area contributed by atoms with Crippen molar-refractivity contribution in [2.75, 3.05) is 32.8 Å². The number of rotatable bonds is 5. The molecule has 0 bridgehead atoms. The van der Waals surface area contributed by atoms with Crippen LogP contribution in [0.1, 0.15) is 39.5 Å². The fourth-order valence-corrected chi connectivity index (χ4v) is 3.34. The van der Waals surface area contributed by atoms with Gasteiger partial charge in [-0.1, -0.05) is 6.92 Å². The van der Waals surface area contributed by atoms with Crippen molar-refractivity contribution in [1.82, 2.24) is 10.2 Å². The highest BCUT2D eigenvalue weighted by atomic mass is 16.5. The van der Waals surface area contributed by atoms with Crippen LogP contribution in [0.5, 0.6) is 0 Å². The van der Waals surface area contributed by atoms with Gasteiger partial charge in [0, 0.05) is 24.7 Å². The Labute approximate surface area is 111 Å². The average molecular weight is 256 g/mol. The van der Waals surface area contributed by atoms with Crippen LogP contribution in [0.3, 0.4) is 0 Å². The van der Waals surface area contributed by atoms with Crippen molar-refractivity contribution in [2.24, 2.45) is 0 Å². The Balaban J connectivity index is 1.89. The summed E-state index contributed by atoms with van der Waals surface area (Å²) in [7, 11) is 0. The maximum absolute atomic E-state index is 9.71. The Morgan fingerprint density at radius 2 is 2.33 bits per heavy atom. The van der Waals surface area contributed by atoms with E-state index in [-0.39, 0.29) is 12.1 Å². The standard InChI is InChI=1S/C14H28N2O2/c1-3-6-15-14(11-17)5-4-13(9-14)16-7-8-18-12(2)10-16/h12-13,15,17H,3-11H2,1-2H3. The molecule has 18 heavy (non-hydrogen) atoms. The van der Waals surface area contributed by atoms with Crippen LogP contribution in [0.15, 0.2) is 0 Å². The highest BCUT2D eigenvalue weighted by molar-refractivity contribution is 4.99. The van der Waals surface area contributed by atoms with Crippen molar-refractivity contribution in [2.45, 2.75) is 57.2 Å². The molecule has 0 aromatic rings. The number of nitrogens with zero attached hydrogens (tertiary/aromatic N) is 1. The van der Waals surface area contributed by atoms with Crippen molar-refractivity contribution in [3.63, 3.8) is 0 Å². The van der Waals surface area contributed by atoms with Crippen LogP contribution >= 0.6 is 0 Å². The van der Waals surface area contributed by atoms with Gasteiger partial charge in [0.2, 0.25) is 0 Å². The van der Waals surface area contributed by atoms with Crippen LogP contribution in [0.2, 0.25) is 0 Å². The van der Waals surface area contributed by atoms with Crippen molar-refractivity contribution >= 4 is 0 Å². The molecule has 3 atom stereocenters. The van der Waals surface area contributed by atoms with E-state index in [2.05, 4.69) is 24.1 Å². The zero-order chi connectivity index (χ0) is 13.0. The first-order chi connectivity index (χ1) is 8.69. The molecule has 2 fully saturated rings. The third-order valence-corrected chi connectivity index (χ3v) is 4.42. The monoisotopic (exact) mass is 256 g/mol. The first-order valence-electron chi connectivity index (χ1n) is 7.40. The zero-order valence-corrected chi connectivity index (χ0v) is 11.8. The second kappa shape index (κ2) is 6.33. The molecule has 1 aliphatic carbocycles. The Hall–Kier alpha value is -0.160. The fraction of sp³-hybridized carbons (Fsp3) is 1.00. The van der Waals surface area contributed by atoms with Crippen molar-refractivity contribution in [3.8, 4) is 0 Å². The third kappa shape index (κ3) is 3.23. The van der Waals surface area contributed by atoms with Gasteiger partial charge in [-0.25, -0.2) is 0 Å². The number of ether oxygens (including phenoxy) is 1. The number of nitrogens with one attached hydrogen (secondary N) is 1. The van der Waals surface area contributed by atoms with Crippen molar-refractivity contribution in [3.05, 3.63) is 0 Å². The third-order valence-electron chi connectivity index (χ3n) is 4.42. The van der Waals surface area contributed by atoms with Crippen LogP contribution in [-0.4, -0.2) is 60.5 Å². The lowest BCUT2D eigenvalue weighted by atomic mass is 9.98. The Morgan fingerprint density at radius 1 is 1.50 bits per heavy atom. The summed E-state index contributed by atoms with van der Waals surface area (Å²) in [6.07, 6.45) is 4.85. The smallest absolute Gasteiger partial charge is 0.0674 e. The minimum atomic E-state index is -0.0256. The van der Waals surface area contributed by atoms with Gasteiger partial charge in [0.25, 0.3) is 0 Å². The average Bonchev–Trinajstić information content (AvgIpc) is 2.82. The fourth-order valence-electron chi connectivity index (χ4n) is 3.34. The van der Waals surface area contributed by atoms with Gasteiger partial charge in [0.05, 0.1) is 19.3 Å². The summed E-state index contributed by atoms with van der Waals surface area (Å²) in [6.45, 7) is 8.54. The van der Waals surface area contributed by atoms with E-state index in [0.717, 1.165) is 45.5 Å². The summed E-state index contributed by atoms with van der Waals surface area (Å²) in [4.78, 5) is 2.55. The summed E-state index contributed by atoms with van der Waals surface area (Å²) in [5.41, 5.74) is -0.0256. The van der Waals surface area contributed by atoms with E-state index >= 15 is 0 Å². The molecular formula is C14H28N2O2. The lowest BCUT2D eigenvalue weighted by Gasteiger charge is -2.37. The summed E-state index contributed by atoms with van der Waals surface area (Å²) in [5.74, 6) is 0. The number of hydrogen-bond acceptors (Lipinski definition) is 4. The van der Waals surface area contributed by atoms with Gasteiger partial charge >= 0.3 is 0 Å². The topological polar surface area (TPSA) is 44.7 Å². The molecule has 0 radical (unpaired) electrons. The molecule has 106 valence electrons. The highest BCUT2D eigenvalue weighted by Gasteiger charge is 2.41. The molecule has 4 nitrogen and oxygen atoms in total. The molecule has 1 aliphatic heterocycles. The molecule has 0 amide bonds. The molecule has 1 saturated carbocycles. The quantitative estimate of drug-likeness (QED) is 0.770. The first-order valence-corrected chi connectivity index (χ1v) is 7.40. The molecule has 3 unspecified atom stereocenters. The molecule has 2 N–H and O–H groups in total. The molecular weight excluding hydrogens is 228 g/mol. The van der Waals surface area contributed by atoms with E-state index in [1.54, 1.807) is 0 Å². The molecule has 2 aliphatic rings. The number of morpholine rings is 1. The van der Waals surface area contributed by atoms with E-state index in [1.165, 1.54) is 6.42 Å². The largest absolute Gasteiger partial charge is 0.394 e. The van der Waals surface area contributed by atoms with Crippen molar-refractivity contribution < 1.29 is 9.84 Å². The van der Waals surface area contributed by atoms with E-state index in [0.29, 0.717) is 12.1 Å². The summed E-state index contributed by atoms with van der Waals surface area (Å²) >= 11 is 0. The molecule has 0 spiro atoms. The van der Waals surface area contributed by atoms with E-state index in [4.69, 9.17) is 4.74 Å². The lowest BCUT2D eigenvalue weighted by molar-refractivity contribution is -0.0345. The maximum atomic E-state index is 9.71. The predicted molar refractivity (Wildman–Crippen MR) is 72.7 cm³/mol. The molecule has 4 heteroatoms. The minimum Gasteiger partial charge on any atom is -0.394 e. The van der Waals surface area contributed by atoms with Gasteiger partial charge in [-0.05, 0) is 39.2 Å². The van der Waals surface area contributed by atoms with Crippen molar-refractivity contribution in [1.29, 1.82) is 0 Å². The van der Waals surface area contributed by atoms with Crippen LogP contribution in [0.4, 0.5) is 0 Å². The van der Waals surface area contributed by atoms with Gasteiger partial charge in [0.1, 0.15) is 0 Å². The lowest BCUT2D eigenvalue weighted by Crippen LogP contribution is -2.50. The van der Waals surface area contributed by atoms with Crippen LogP contribution in [-0.2, 0) is 4.74 Å². The van der Waals surface area contributed by atoms with Gasteiger partial charge < -0.3 is 15.2 Å². The van der Waals surface area contributed by atoms with E-state index in [1.807, 2.05) is 0 Å². The Kier molecular flexibility index (Phi) is 5.01. The maximum Gasteiger partial charge on any atom is 0.0674 e. The van der Waals surface area contributed by atoms with Crippen LogP contribution in [0, 0.1) is 0 Å². The summed E-state index contributed by atoms with van der Waals surface area (Å²) in [5, 5.41) is 13.3. The molecule has 0 aromatic heterocycles. The number of aliphatic hydroxyl groups is 1. The van der Waals surface area contributed by atoms with Crippen LogP contribution < -0.4 is 5.32 Å². The van der Waals surface area contributed by atoms with E-state index in [9.17, 15) is 5.11 Å². The minimum absolute atomic E-state index is 0.0256.